The summed E-state index contributed by atoms with van der Waals surface area (Å²) in [6.45, 7) is 10.6. The maximum Gasteiger partial charge on any atom is 0.308 e. The number of carbonyl (C=O) groups excluding carboxylic acids is 1. The first kappa shape index (κ1) is 37.0. The van der Waals surface area contributed by atoms with E-state index in [1.54, 1.807) is 6.92 Å². The van der Waals surface area contributed by atoms with Gasteiger partial charge in [-0.2, -0.15) is 0 Å². The zero-order chi connectivity index (χ0) is 27.6. The Morgan fingerprint density at radius 2 is 0.658 bits per heavy atom. The summed E-state index contributed by atoms with van der Waals surface area (Å²) in [7, 11) is 0. The zero-order valence-electron chi connectivity index (χ0n) is 23.0. The fourth-order valence-electron chi connectivity index (χ4n) is 2.52. The van der Waals surface area contributed by atoms with Gasteiger partial charge in [0.25, 0.3) is 0 Å². The van der Waals surface area contributed by atoms with Gasteiger partial charge in [0.05, 0.1) is 145 Å². The SMILES string of the molecule is CCOC(=O)CCOCCOCCOCCOCCOCCOCCOCCOCCOCCOCCF. The van der Waals surface area contributed by atoms with E-state index in [1.807, 2.05) is 0 Å². The van der Waals surface area contributed by atoms with Crippen LogP contribution in [0.4, 0.5) is 4.39 Å². The second-order valence-corrected chi connectivity index (χ2v) is 7.37. The molecule has 0 aromatic carbocycles. The Hall–Kier alpha value is -1.00. The van der Waals surface area contributed by atoms with Crippen LogP contribution >= 0.6 is 0 Å². The average molecular weight is 561 g/mol. The zero-order valence-corrected chi connectivity index (χ0v) is 23.0. The second-order valence-electron chi connectivity index (χ2n) is 7.37. The fraction of sp³-hybridized carbons (Fsp3) is 0.960. The smallest absolute Gasteiger partial charge is 0.308 e. The van der Waals surface area contributed by atoms with Crippen LogP contribution < -0.4 is 0 Å². The number of halogens is 1. The number of esters is 1. The molecule has 0 amide bonds. The van der Waals surface area contributed by atoms with Crippen molar-refractivity contribution in [1.29, 1.82) is 0 Å². The van der Waals surface area contributed by atoms with Crippen molar-refractivity contribution in [2.75, 3.05) is 145 Å². The molecular weight excluding hydrogens is 511 g/mol. The number of hydrogen-bond acceptors (Lipinski definition) is 12. The summed E-state index contributed by atoms with van der Waals surface area (Å²) in [6, 6.07) is 0. The molecule has 0 fully saturated rings. The highest BCUT2D eigenvalue weighted by Crippen LogP contribution is 1.89. The largest absolute Gasteiger partial charge is 0.466 e. The van der Waals surface area contributed by atoms with Crippen LogP contribution in [-0.4, -0.2) is 151 Å². The molecule has 0 rings (SSSR count). The topological polar surface area (TPSA) is 119 Å². The molecule has 0 heterocycles. The van der Waals surface area contributed by atoms with Crippen LogP contribution in [0.1, 0.15) is 13.3 Å². The molecule has 0 radical (unpaired) electrons. The van der Waals surface area contributed by atoms with E-state index in [0.717, 1.165) is 0 Å². The van der Waals surface area contributed by atoms with Gasteiger partial charge in [-0.15, -0.1) is 0 Å². The Labute approximate surface area is 226 Å². The van der Waals surface area contributed by atoms with Gasteiger partial charge in [0, 0.05) is 0 Å². The molecule has 0 N–H and O–H groups in total. The average Bonchev–Trinajstić information content (AvgIpc) is 2.92. The number of rotatable bonds is 33. The molecule has 0 unspecified atom stereocenters. The second kappa shape index (κ2) is 34.0. The molecule has 0 aliphatic rings. The maximum absolute atomic E-state index is 11.8. The predicted octanol–water partition coefficient (Wildman–Crippen LogP) is 1.08. The first-order chi connectivity index (χ1) is 18.8. The minimum atomic E-state index is -0.476. The molecule has 0 saturated carbocycles. The van der Waals surface area contributed by atoms with Gasteiger partial charge in [-0.3, -0.25) is 4.79 Å². The summed E-state index contributed by atoms with van der Waals surface area (Å²) in [5, 5.41) is 0. The molecule has 0 aromatic heterocycles. The highest BCUT2D eigenvalue weighted by Gasteiger charge is 2.00. The summed E-state index contributed by atoms with van der Waals surface area (Å²) in [6.07, 6.45) is 0.255. The van der Waals surface area contributed by atoms with E-state index in [2.05, 4.69) is 0 Å². The Kier molecular flexibility index (Phi) is 33.1. The van der Waals surface area contributed by atoms with Gasteiger partial charge in [-0.05, 0) is 6.92 Å². The number of hydrogen-bond donors (Lipinski definition) is 0. The van der Waals surface area contributed by atoms with Crippen LogP contribution in [-0.2, 0) is 56.9 Å². The minimum Gasteiger partial charge on any atom is -0.466 e. The first-order valence-electron chi connectivity index (χ1n) is 13.3. The Bertz CT molecular complexity index is 462. The van der Waals surface area contributed by atoms with Gasteiger partial charge in [-0.1, -0.05) is 0 Å². The normalized spacial score (nSPS) is 11.3. The molecular formula is C25H49FO12. The molecule has 228 valence electrons. The predicted molar refractivity (Wildman–Crippen MR) is 135 cm³/mol. The molecule has 38 heavy (non-hydrogen) atoms. The molecule has 0 bridgehead atoms. The van der Waals surface area contributed by atoms with Crippen LogP contribution in [0.2, 0.25) is 0 Å². The van der Waals surface area contributed by atoms with Crippen molar-refractivity contribution in [2.45, 2.75) is 13.3 Å². The summed E-state index contributed by atoms with van der Waals surface area (Å²) < 4.78 is 69.9. The van der Waals surface area contributed by atoms with E-state index in [0.29, 0.717) is 132 Å². The number of alkyl halides is 1. The summed E-state index contributed by atoms with van der Waals surface area (Å²) in [5.41, 5.74) is 0. The van der Waals surface area contributed by atoms with Gasteiger partial charge in [0.2, 0.25) is 0 Å². The van der Waals surface area contributed by atoms with Crippen molar-refractivity contribution in [1.82, 2.24) is 0 Å². The molecule has 0 spiro atoms. The minimum absolute atomic E-state index is 0.111. The Morgan fingerprint density at radius 3 is 0.895 bits per heavy atom. The third-order valence-corrected chi connectivity index (χ3v) is 4.33. The number of carbonyl (C=O) groups is 1. The fourth-order valence-corrected chi connectivity index (χ4v) is 2.52. The van der Waals surface area contributed by atoms with Crippen molar-refractivity contribution in [2.24, 2.45) is 0 Å². The van der Waals surface area contributed by atoms with Crippen molar-refractivity contribution >= 4 is 5.97 Å². The molecule has 0 aliphatic carbocycles. The molecule has 0 atom stereocenters. The number of ether oxygens (including phenoxy) is 11. The maximum atomic E-state index is 11.8. The van der Waals surface area contributed by atoms with Gasteiger partial charge in [0.1, 0.15) is 6.67 Å². The third kappa shape index (κ3) is 33.0. The van der Waals surface area contributed by atoms with Crippen LogP contribution in [0.3, 0.4) is 0 Å². The van der Waals surface area contributed by atoms with Gasteiger partial charge < -0.3 is 52.1 Å². The first-order valence-corrected chi connectivity index (χ1v) is 13.3. The molecule has 12 nitrogen and oxygen atoms in total. The van der Waals surface area contributed by atoms with Crippen LogP contribution in [0.15, 0.2) is 0 Å². The lowest BCUT2D eigenvalue weighted by Gasteiger charge is -2.09. The molecule has 0 aromatic rings. The van der Waals surface area contributed by atoms with Crippen molar-refractivity contribution in [3.05, 3.63) is 0 Å². The highest BCUT2D eigenvalue weighted by molar-refractivity contribution is 5.69. The molecule has 0 aliphatic heterocycles. The molecule has 13 heteroatoms. The van der Waals surface area contributed by atoms with E-state index in [-0.39, 0.29) is 19.0 Å². The Morgan fingerprint density at radius 1 is 0.421 bits per heavy atom. The van der Waals surface area contributed by atoms with Gasteiger partial charge in [-0.25, -0.2) is 4.39 Å². The highest BCUT2D eigenvalue weighted by atomic mass is 19.1. The lowest BCUT2D eigenvalue weighted by atomic mass is 10.5. The van der Waals surface area contributed by atoms with Crippen LogP contribution in [0.5, 0.6) is 0 Å². The van der Waals surface area contributed by atoms with Crippen molar-refractivity contribution in [3.63, 3.8) is 0 Å². The standard InChI is InChI=1S/C25H49FO12/c1-2-38-25(27)3-5-28-7-9-30-11-13-32-15-17-34-19-21-36-23-24-37-22-20-35-18-16-33-14-12-31-10-8-29-6-4-26/h2-24H2,1H3. The van der Waals surface area contributed by atoms with Gasteiger partial charge >= 0.3 is 5.97 Å². The summed E-state index contributed by atoms with van der Waals surface area (Å²) in [5.74, 6) is -0.253. The van der Waals surface area contributed by atoms with Crippen LogP contribution in [0, 0.1) is 0 Å². The lowest BCUT2D eigenvalue weighted by molar-refractivity contribution is -0.144. The van der Waals surface area contributed by atoms with E-state index in [1.165, 1.54) is 0 Å². The summed E-state index contributed by atoms with van der Waals surface area (Å²) in [4.78, 5) is 11.1. The monoisotopic (exact) mass is 560 g/mol. The van der Waals surface area contributed by atoms with E-state index in [4.69, 9.17) is 52.1 Å². The molecule has 0 saturated heterocycles. The third-order valence-electron chi connectivity index (χ3n) is 4.33. The van der Waals surface area contributed by atoms with Crippen LogP contribution in [0.25, 0.3) is 0 Å². The quantitative estimate of drug-likeness (QED) is 0.0844. The van der Waals surface area contributed by atoms with Gasteiger partial charge in [0.15, 0.2) is 0 Å². The van der Waals surface area contributed by atoms with Crippen molar-refractivity contribution in [3.8, 4) is 0 Å². The van der Waals surface area contributed by atoms with E-state index < -0.39 is 6.67 Å². The summed E-state index contributed by atoms with van der Waals surface area (Å²) >= 11 is 0. The Balaban J connectivity index is 3.04. The van der Waals surface area contributed by atoms with E-state index in [9.17, 15) is 9.18 Å². The van der Waals surface area contributed by atoms with E-state index >= 15 is 0 Å². The van der Waals surface area contributed by atoms with Crippen molar-refractivity contribution < 1.29 is 61.3 Å². The lowest BCUT2D eigenvalue weighted by Crippen LogP contribution is -2.15.